The number of furan rings is 1. The van der Waals surface area contributed by atoms with Crippen molar-refractivity contribution < 1.29 is 9.15 Å². The molecule has 0 saturated carbocycles. The number of para-hydroxylation sites is 4. The van der Waals surface area contributed by atoms with Crippen molar-refractivity contribution in [2.45, 2.75) is 5.41 Å². The Kier molecular flexibility index (Phi) is 6.55. The number of rotatable bonds is 4. The van der Waals surface area contributed by atoms with E-state index in [9.17, 15) is 0 Å². The molecule has 1 aliphatic heterocycles. The number of anilines is 3. The predicted molar refractivity (Wildman–Crippen MR) is 229 cm³/mol. The van der Waals surface area contributed by atoms with E-state index >= 15 is 0 Å². The van der Waals surface area contributed by atoms with E-state index < -0.39 is 5.41 Å². The minimum atomic E-state index is -0.559. The Morgan fingerprint density at radius 2 is 1.04 bits per heavy atom. The molecule has 0 atom stereocenters. The van der Waals surface area contributed by atoms with Gasteiger partial charge in [0, 0.05) is 33.3 Å². The lowest BCUT2D eigenvalue weighted by atomic mass is 9.66. The van der Waals surface area contributed by atoms with Crippen molar-refractivity contribution in [3.8, 4) is 33.8 Å². The largest absolute Gasteiger partial charge is 0.457 e. The molecule has 262 valence electrons. The molecule has 1 aliphatic carbocycles. The second-order valence-electron chi connectivity index (χ2n) is 14.8. The molecule has 0 N–H and O–H groups in total. The lowest BCUT2D eigenvalue weighted by molar-refractivity contribution is 0.436. The van der Waals surface area contributed by atoms with Crippen molar-refractivity contribution in [1.29, 1.82) is 0 Å². The highest BCUT2D eigenvalue weighted by Crippen LogP contribution is 2.62. The molecule has 3 heteroatoms. The van der Waals surface area contributed by atoms with E-state index in [1.54, 1.807) is 0 Å². The van der Waals surface area contributed by atoms with Gasteiger partial charge in [-0.3, -0.25) is 0 Å². The summed E-state index contributed by atoms with van der Waals surface area (Å²) in [6.45, 7) is 0. The van der Waals surface area contributed by atoms with E-state index in [-0.39, 0.29) is 0 Å². The maximum absolute atomic E-state index is 7.10. The Bertz CT molecular complexity index is 3130. The molecule has 10 aromatic rings. The van der Waals surface area contributed by atoms with Crippen molar-refractivity contribution in [2.75, 3.05) is 4.90 Å². The second kappa shape index (κ2) is 11.8. The lowest BCUT2D eigenvalue weighted by Crippen LogP contribution is -2.32. The Morgan fingerprint density at radius 3 is 1.82 bits per heavy atom. The van der Waals surface area contributed by atoms with Gasteiger partial charge in [-0.15, -0.1) is 0 Å². The van der Waals surface area contributed by atoms with E-state index in [0.717, 1.165) is 61.6 Å². The fourth-order valence-electron chi connectivity index (χ4n) is 9.48. The smallest absolute Gasteiger partial charge is 0.159 e. The highest BCUT2D eigenvalue weighted by molar-refractivity contribution is 6.12. The number of fused-ring (bicyclic) bond motifs is 13. The quantitative estimate of drug-likeness (QED) is 0.181. The highest BCUT2D eigenvalue weighted by atomic mass is 16.5. The summed E-state index contributed by atoms with van der Waals surface area (Å²) in [5.41, 5.74) is 13.8. The normalized spacial score (nSPS) is 13.3. The van der Waals surface area contributed by atoms with E-state index in [0.29, 0.717) is 0 Å². The molecule has 9 aromatic carbocycles. The molecule has 1 spiro atoms. The number of nitrogens with zero attached hydrogens (tertiary/aromatic N) is 1. The lowest BCUT2D eigenvalue weighted by Gasteiger charge is -2.39. The fraction of sp³-hybridized carbons (Fsp3) is 0.0189. The van der Waals surface area contributed by atoms with E-state index in [4.69, 9.17) is 9.15 Å². The third-order valence-electron chi connectivity index (χ3n) is 11.9. The van der Waals surface area contributed by atoms with Gasteiger partial charge < -0.3 is 14.1 Å². The maximum Gasteiger partial charge on any atom is 0.159 e. The molecular weight excluding hydrogens is 683 g/mol. The van der Waals surface area contributed by atoms with Gasteiger partial charge in [0.1, 0.15) is 17.1 Å². The van der Waals surface area contributed by atoms with Gasteiger partial charge >= 0.3 is 0 Å². The van der Waals surface area contributed by atoms with Gasteiger partial charge in [-0.25, -0.2) is 0 Å². The van der Waals surface area contributed by atoms with Crippen molar-refractivity contribution in [3.63, 3.8) is 0 Å². The first-order valence-corrected chi connectivity index (χ1v) is 19.2. The first kappa shape index (κ1) is 31.0. The number of ether oxygens (including phenoxy) is 1. The van der Waals surface area contributed by atoms with Gasteiger partial charge in [0.05, 0.1) is 11.1 Å². The zero-order chi connectivity index (χ0) is 36.8. The second-order valence-corrected chi connectivity index (χ2v) is 14.8. The summed E-state index contributed by atoms with van der Waals surface area (Å²) in [5, 5.41) is 4.66. The van der Waals surface area contributed by atoms with Crippen molar-refractivity contribution in [3.05, 3.63) is 222 Å². The molecule has 0 bridgehead atoms. The number of hydrogen-bond donors (Lipinski definition) is 0. The van der Waals surface area contributed by atoms with Crippen LogP contribution in [0.25, 0.3) is 55.0 Å². The van der Waals surface area contributed by atoms with Crippen LogP contribution in [-0.2, 0) is 5.41 Å². The molecule has 1 aromatic heterocycles. The van der Waals surface area contributed by atoms with Gasteiger partial charge in [-0.2, -0.15) is 0 Å². The zero-order valence-electron chi connectivity index (χ0n) is 30.3. The summed E-state index contributed by atoms with van der Waals surface area (Å²) in [5.74, 6) is 1.76. The molecular formula is C53H33NO2. The van der Waals surface area contributed by atoms with Crippen LogP contribution in [-0.4, -0.2) is 0 Å². The fourth-order valence-corrected chi connectivity index (χ4v) is 9.48. The Balaban J connectivity index is 1.06. The molecule has 2 heterocycles. The van der Waals surface area contributed by atoms with E-state index in [1.807, 2.05) is 0 Å². The van der Waals surface area contributed by atoms with Crippen LogP contribution in [0.4, 0.5) is 17.1 Å². The summed E-state index contributed by atoms with van der Waals surface area (Å²) >= 11 is 0. The van der Waals surface area contributed by atoms with Gasteiger partial charge in [0.15, 0.2) is 5.58 Å². The Labute approximate surface area is 324 Å². The van der Waals surface area contributed by atoms with Gasteiger partial charge in [0.2, 0.25) is 0 Å². The third kappa shape index (κ3) is 4.34. The molecule has 0 fully saturated rings. The average molecular weight is 716 g/mol. The Morgan fingerprint density at radius 1 is 0.393 bits per heavy atom. The highest BCUT2D eigenvalue weighted by Gasteiger charge is 2.51. The summed E-state index contributed by atoms with van der Waals surface area (Å²) in [4.78, 5) is 2.31. The first-order valence-electron chi connectivity index (χ1n) is 19.2. The molecule has 56 heavy (non-hydrogen) atoms. The van der Waals surface area contributed by atoms with Crippen LogP contribution < -0.4 is 9.64 Å². The minimum Gasteiger partial charge on any atom is -0.457 e. The van der Waals surface area contributed by atoms with Gasteiger partial charge in [0.25, 0.3) is 0 Å². The minimum absolute atomic E-state index is 0.559. The van der Waals surface area contributed by atoms with Crippen LogP contribution in [0.2, 0.25) is 0 Å². The summed E-state index contributed by atoms with van der Waals surface area (Å²) in [6.07, 6.45) is 0. The maximum atomic E-state index is 7.10. The van der Waals surface area contributed by atoms with E-state index in [2.05, 4.69) is 205 Å². The Hall–Kier alpha value is -7.36. The molecule has 0 unspecified atom stereocenters. The van der Waals surface area contributed by atoms with E-state index in [1.165, 1.54) is 44.2 Å². The molecule has 2 aliphatic rings. The van der Waals surface area contributed by atoms with Crippen molar-refractivity contribution in [2.24, 2.45) is 0 Å². The molecule has 3 nitrogen and oxygen atoms in total. The number of hydrogen-bond acceptors (Lipinski definition) is 3. The number of benzene rings is 9. The molecule has 0 radical (unpaired) electrons. The van der Waals surface area contributed by atoms with Gasteiger partial charge in [-0.1, -0.05) is 140 Å². The summed E-state index contributed by atoms with van der Waals surface area (Å²) in [6, 6.07) is 71.7. The SMILES string of the molecule is c1ccc(N(c2ccc(-c3ccc4ccccc4c3)cc2)c2cccc3c2oc2cc4c(cc23)-c2ccccc2C42c3ccccc3Oc3ccccc32)cc1. The zero-order valence-corrected chi connectivity index (χ0v) is 30.3. The summed E-state index contributed by atoms with van der Waals surface area (Å²) < 4.78 is 13.7. The van der Waals surface area contributed by atoms with Crippen LogP contribution >= 0.6 is 0 Å². The topological polar surface area (TPSA) is 25.6 Å². The molecule has 12 rings (SSSR count). The third-order valence-corrected chi connectivity index (χ3v) is 11.9. The standard InChI is InChI=1S/C53H33NO2/c1-2-15-38(16-3-1)54(39-29-27-35(28-30-39)37-26-25-34-13-4-5-14-36(34)31-37)48-22-12-18-41-43-32-42-40-17-6-7-19-44(40)53(47(42)33-51(43)56-52(41)48)45-20-8-10-23-49(45)55-50-24-11-9-21-46(50)53/h1-33H. The average Bonchev–Trinajstić information content (AvgIpc) is 3.77. The molecule has 0 amide bonds. The van der Waals surface area contributed by atoms with Crippen LogP contribution in [0.5, 0.6) is 11.5 Å². The van der Waals surface area contributed by atoms with Gasteiger partial charge in [-0.05, 0) is 105 Å². The summed E-state index contributed by atoms with van der Waals surface area (Å²) in [7, 11) is 0. The van der Waals surface area contributed by atoms with Crippen molar-refractivity contribution >= 4 is 49.8 Å². The van der Waals surface area contributed by atoms with Crippen molar-refractivity contribution in [1.82, 2.24) is 0 Å². The first-order chi connectivity index (χ1) is 27.8. The van der Waals surface area contributed by atoms with Crippen LogP contribution in [0.15, 0.2) is 205 Å². The molecule has 0 saturated heterocycles. The van der Waals surface area contributed by atoms with Crippen LogP contribution in [0.1, 0.15) is 22.3 Å². The van der Waals surface area contributed by atoms with Crippen LogP contribution in [0, 0.1) is 0 Å². The van der Waals surface area contributed by atoms with Crippen LogP contribution in [0.3, 0.4) is 0 Å². The predicted octanol–water partition coefficient (Wildman–Crippen LogP) is 14.3. The monoisotopic (exact) mass is 715 g/mol.